The second-order valence-corrected chi connectivity index (χ2v) is 4.50. The molecule has 3 heteroatoms. The number of nitrogens with zero attached hydrogens (tertiary/aromatic N) is 1. The SMILES string of the molecule is N#CC1(NCc2ccccc2)CCCOCC1. The molecular formula is C14H18N2O. The van der Waals surface area contributed by atoms with Gasteiger partial charge in [-0.15, -0.1) is 0 Å². The van der Waals surface area contributed by atoms with Gasteiger partial charge in [0, 0.05) is 26.2 Å². The third kappa shape index (κ3) is 3.29. The summed E-state index contributed by atoms with van der Waals surface area (Å²) in [6.07, 6.45) is 2.60. The number of nitriles is 1. The Kier molecular flexibility index (Phi) is 4.13. The molecule has 2 rings (SSSR count). The monoisotopic (exact) mass is 230 g/mol. The van der Waals surface area contributed by atoms with Crippen molar-refractivity contribution in [3.05, 3.63) is 35.9 Å². The summed E-state index contributed by atoms with van der Waals surface area (Å²) in [6, 6.07) is 12.6. The van der Waals surface area contributed by atoms with E-state index in [4.69, 9.17) is 4.74 Å². The lowest BCUT2D eigenvalue weighted by molar-refractivity contribution is 0.140. The average molecular weight is 230 g/mol. The van der Waals surface area contributed by atoms with Gasteiger partial charge >= 0.3 is 0 Å². The van der Waals surface area contributed by atoms with Crippen molar-refractivity contribution in [3.8, 4) is 6.07 Å². The molecule has 0 amide bonds. The first-order valence-electron chi connectivity index (χ1n) is 6.13. The molecule has 0 saturated carbocycles. The van der Waals surface area contributed by atoms with Crippen LogP contribution in [0.5, 0.6) is 0 Å². The summed E-state index contributed by atoms with van der Waals surface area (Å²) in [6.45, 7) is 2.19. The van der Waals surface area contributed by atoms with Crippen molar-refractivity contribution in [2.45, 2.75) is 31.3 Å². The largest absolute Gasteiger partial charge is 0.381 e. The van der Waals surface area contributed by atoms with Gasteiger partial charge in [0.05, 0.1) is 6.07 Å². The Morgan fingerprint density at radius 1 is 1.24 bits per heavy atom. The van der Waals surface area contributed by atoms with Gasteiger partial charge in [-0.3, -0.25) is 5.32 Å². The third-order valence-electron chi connectivity index (χ3n) is 3.25. The molecule has 0 spiro atoms. The van der Waals surface area contributed by atoms with Crippen molar-refractivity contribution >= 4 is 0 Å². The van der Waals surface area contributed by atoms with Gasteiger partial charge in [0.2, 0.25) is 0 Å². The van der Waals surface area contributed by atoms with Crippen molar-refractivity contribution in [1.82, 2.24) is 5.32 Å². The summed E-state index contributed by atoms with van der Waals surface area (Å²) in [4.78, 5) is 0. The third-order valence-corrected chi connectivity index (χ3v) is 3.25. The van der Waals surface area contributed by atoms with Gasteiger partial charge in [-0.05, 0) is 18.4 Å². The zero-order valence-electron chi connectivity index (χ0n) is 9.98. The van der Waals surface area contributed by atoms with Crippen LogP contribution in [-0.4, -0.2) is 18.8 Å². The van der Waals surface area contributed by atoms with Crippen LogP contribution >= 0.6 is 0 Å². The zero-order chi connectivity index (χ0) is 12.0. The van der Waals surface area contributed by atoms with Crippen LogP contribution in [0.2, 0.25) is 0 Å². The number of ether oxygens (including phenoxy) is 1. The zero-order valence-corrected chi connectivity index (χ0v) is 9.98. The van der Waals surface area contributed by atoms with Crippen LogP contribution in [0.1, 0.15) is 24.8 Å². The van der Waals surface area contributed by atoms with Crippen LogP contribution in [-0.2, 0) is 11.3 Å². The maximum Gasteiger partial charge on any atom is 0.109 e. The quantitative estimate of drug-likeness (QED) is 0.866. The maximum atomic E-state index is 9.38. The van der Waals surface area contributed by atoms with Gasteiger partial charge in [0.15, 0.2) is 0 Å². The molecule has 1 heterocycles. The minimum Gasteiger partial charge on any atom is -0.381 e. The fourth-order valence-electron chi connectivity index (χ4n) is 2.14. The molecule has 1 N–H and O–H groups in total. The van der Waals surface area contributed by atoms with Gasteiger partial charge in [-0.25, -0.2) is 0 Å². The average Bonchev–Trinajstić information content (AvgIpc) is 2.64. The second-order valence-electron chi connectivity index (χ2n) is 4.50. The van der Waals surface area contributed by atoms with Gasteiger partial charge in [-0.1, -0.05) is 30.3 Å². The molecule has 1 aromatic rings. The molecule has 1 unspecified atom stereocenters. The van der Waals surface area contributed by atoms with Crippen LogP contribution in [0.3, 0.4) is 0 Å². The Morgan fingerprint density at radius 2 is 2.06 bits per heavy atom. The van der Waals surface area contributed by atoms with Crippen LogP contribution < -0.4 is 5.32 Å². The minimum atomic E-state index is -0.410. The molecule has 1 saturated heterocycles. The van der Waals surface area contributed by atoms with Crippen molar-refractivity contribution in [2.24, 2.45) is 0 Å². The van der Waals surface area contributed by atoms with E-state index in [1.165, 1.54) is 5.56 Å². The molecule has 1 aliphatic heterocycles. The van der Waals surface area contributed by atoms with E-state index >= 15 is 0 Å². The summed E-state index contributed by atoms with van der Waals surface area (Å²) >= 11 is 0. The molecule has 17 heavy (non-hydrogen) atoms. The molecule has 1 aromatic carbocycles. The summed E-state index contributed by atoms with van der Waals surface area (Å²) < 4.78 is 5.41. The predicted octanol–water partition coefficient (Wildman–Crippen LogP) is 2.24. The van der Waals surface area contributed by atoms with Crippen LogP contribution in [0.4, 0.5) is 0 Å². The summed E-state index contributed by atoms with van der Waals surface area (Å²) in [7, 11) is 0. The summed E-state index contributed by atoms with van der Waals surface area (Å²) in [5.74, 6) is 0. The Bertz CT molecular complexity index is 375. The van der Waals surface area contributed by atoms with E-state index in [2.05, 4.69) is 23.5 Å². The second kappa shape index (κ2) is 5.81. The Balaban J connectivity index is 1.97. The fourth-order valence-corrected chi connectivity index (χ4v) is 2.14. The van der Waals surface area contributed by atoms with E-state index in [0.717, 1.165) is 32.4 Å². The molecular weight excluding hydrogens is 212 g/mol. The van der Waals surface area contributed by atoms with E-state index < -0.39 is 5.54 Å². The predicted molar refractivity (Wildman–Crippen MR) is 66.3 cm³/mol. The van der Waals surface area contributed by atoms with E-state index in [9.17, 15) is 5.26 Å². The Labute approximate surface area is 102 Å². The van der Waals surface area contributed by atoms with E-state index in [0.29, 0.717) is 6.61 Å². The molecule has 0 aliphatic carbocycles. The highest BCUT2D eigenvalue weighted by Crippen LogP contribution is 2.21. The highest BCUT2D eigenvalue weighted by molar-refractivity contribution is 5.16. The number of benzene rings is 1. The molecule has 0 radical (unpaired) electrons. The summed E-state index contributed by atoms with van der Waals surface area (Å²) in [5, 5.41) is 12.8. The van der Waals surface area contributed by atoms with Crippen molar-refractivity contribution in [1.29, 1.82) is 5.26 Å². The molecule has 0 aromatic heterocycles. The van der Waals surface area contributed by atoms with Crippen LogP contribution in [0.15, 0.2) is 30.3 Å². The van der Waals surface area contributed by atoms with Gasteiger partial charge in [-0.2, -0.15) is 5.26 Å². The fraction of sp³-hybridized carbons (Fsp3) is 0.500. The molecule has 90 valence electrons. The van der Waals surface area contributed by atoms with E-state index in [-0.39, 0.29) is 0 Å². The lowest BCUT2D eigenvalue weighted by atomic mass is 9.92. The highest BCUT2D eigenvalue weighted by atomic mass is 16.5. The van der Waals surface area contributed by atoms with Gasteiger partial charge < -0.3 is 4.74 Å². The van der Waals surface area contributed by atoms with Gasteiger partial charge in [0.1, 0.15) is 5.54 Å². The van der Waals surface area contributed by atoms with Crippen LogP contribution in [0.25, 0.3) is 0 Å². The Hall–Kier alpha value is -1.37. The first-order chi connectivity index (χ1) is 8.35. The topological polar surface area (TPSA) is 45.0 Å². The first kappa shape index (κ1) is 12.1. The molecule has 0 bridgehead atoms. The molecule has 1 aliphatic rings. The number of hydrogen-bond donors (Lipinski definition) is 1. The number of nitrogens with one attached hydrogen (secondary N) is 1. The lowest BCUT2D eigenvalue weighted by Gasteiger charge is -2.25. The molecule has 3 nitrogen and oxygen atoms in total. The van der Waals surface area contributed by atoms with Gasteiger partial charge in [0.25, 0.3) is 0 Å². The van der Waals surface area contributed by atoms with Crippen molar-refractivity contribution in [2.75, 3.05) is 13.2 Å². The minimum absolute atomic E-state index is 0.410. The maximum absolute atomic E-state index is 9.38. The smallest absolute Gasteiger partial charge is 0.109 e. The number of hydrogen-bond acceptors (Lipinski definition) is 3. The van der Waals surface area contributed by atoms with Crippen molar-refractivity contribution in [3.63, 3.8) is 0 Å². The summed E-state index contributed by atoms with van der Waals surface area (Å²) in [5.41, 5.74) is 0.805. The van der Waals surface area contributed by atoms with E-state index in [1.807, 2.05) is 18.2 Å². The Morgan fingerprint density at radius 3 is 2.82 bits per heavy atom. The molecule has 1 atom stereocenters. The lowest BCUT2D eigenvalue weighted by Crippen LogP contribution is -2.43. The normalized spacial score (nSPS) is 24.9. The van der Waals surface area contributed by atoms with E-state index in [1.54, 1.807) is 0 Å². The number of rotatable bonds is 3. The first-order valence-corrected chi connectivity index (χ1v) is 6.13. The van der Waals surface area contributed by atoms with Crippen LogP contribution in [0, 0.1) is 11.3 Å². The van der Waals surface area contributed by atoms with Crippen molar-refractivity contribution < 1.29 is 4.74 Å². The highest BCUT2D eigenvalue weighted by Gasteiger charge is 2.30. The molecule has 1 fully saturated rings. The standard InChI is InChI=1S/C14H18N2O/c15-12-14(7-4-9-17-10-8-14)16-11-13-5-2-1-3-6-13/h1-3,5-6,16H,4,7-11H2.